The van der Waals surface area contributed by atoms with Crippen molar-refractivity contribution in [2.75, 3.05) is 19.7 Å². The van der Waals surface area contributed by atoms with Gasteiger partial charge in [0, 0.05) is 41.9 Å². The van der Waals surface area contributed by atoms with E-state index in [-0.39, 0.29) is 36.3 Å². The monoisotopic (exact) mass is 397 g/mol. The molecule has 1 amide bonds. The van der Waals surface area contributed by atoms with E-state index in [0.717, 1.165) is 5.56 Å². The summed E-state index contributed by atoms with van der Waals surface area (Å²) in [6, 6.07) is 14.7. The predicted octanol–water partition coefficient (Wildman–Crippen LogP) is 2.35. The molecule has 1 aliphatic rings. The highest BCUT2D eigenvalue weighted by Crippen LogP contribution is 2.33. The normalized spacial score (nSPS) is 19.3. The fourth-order valence-corrected chi connectivity index (χ4v) is 4.03. The molecule has 1 aliphatic heterocycles. The number of halogens is 1. The summed E-state index contributed by atoms with van der Waals surface area (Å²) in [5.41, 5.74) is 1.35. The molecule has 1 saturated heterocycles. The molecule has 4 rings (SSSR count). The molecule has 0 saturated carbocycles. The van der Waals surface area contributed by atoms with Crippen molar-refractivity contribution < 1.29 is 9.90 Å². The fraction of sp³-hybridized carbons (Fsp3) is 0.286. The Labute approximate surface area is 166 Å². The number of aromatic amines is 1. The van der Waals surface area contributed by atoms with Crippen LogP contribution in [-0.2, 0) is 11.2 Å². The van der Waals surface area contributed by atoms with Crippen LogP contribution in [0.5, 0.6) is 0 Å². The number of rotatable bonds is 4. The molecule has 1 fully saturated rings. The lowest BCUT2D eigenvalue weighted by atomic mass is 9.90. The number of benzene rings is 2. The molecule has 0 bridgehead atoms. The molecule has 2 heterocycles. The van der Waals surface area contributed by atoms with Gasteiger partial charge in [0.15, 0.2) is 0 Å². The maximum Gasteiger partial charge on any atom is 0.272 e. The Morgan fingerprint density at radius 2 is 1.86 bits per heavy atom. The van der Waals surface area contributed by atoms with Gasteiger partial charge in [-0.2, -0.15) is 5.10 Å². The second kappa shape index (κ2) is 7.73. The second-order valence-electron chi connectivity index (χ2n) is 7.12. The Kier molecular flexibility index (Phi) is 5.15. The van der Waals surface area contributed by atoms with Gasteiger partial charge in [0.1, 0.15) is 0 Å². The Hall–Kier alpha value is -2.70. The van der Waals surface area contributed by atoms with Gasteiger partial charge in [0.2, 0.25) is 5.91 Å². The average molecular weight is 398 g/mol. The van der Waals surface area contributed by atoms with Crippen LogP contribution in [0.4, 0.5) is 0 Å². The first-order valence-electron chi connectivity index (χ1n) is 9.17. The number of carbonyl (C=O) groups is 1. The van der Waals surface area contributed by atoms with Crippen LogP contribution in [0.3, 0.4) is 0 Å². The summed E-state index contributed by atoms with van der Waals surface area (Å²) in [4.78, 5) is 26.6. The van der Waals surface area contributed by atoms with E-state index in [4.69, 9.17) is 11.6 Å². The number of aliphatic hydroxyl groups excluding tert-OH is 1. The highest BCUT2D eigenvalue weighted by molar-refractivity contribution is 6.30. The quantitative estimate of drug-likeness (QED) is 0.707. The number of carbonyl (C=O) groups excluding carboxylic acids is 1. The predicted molar refractivity (Wildman–Crippen MR) is 107 cm³/mol. The minimum Gasteiger partial charge on any atom is -0.396 e. The molecule has 2 N–H and O–H groups in total. The lowest BCUT2D eigenvalue weighted by Crippen LogP contribution is -2.31. The largest absolute Gasteiger partial charge is 0.396 e. The van der Waals surface area contributed by atoms with E-state index >= 15 is 0 Å². The molecule has 28 heavy (non-hydrogen) atoms. The van der Waals surface area contributed by atoms with Crippen LogP contribution in [0.25, 0.3) is 10.8 Å². The van der Waals surface area contributed by atoms with Crippen LogP contribution in [0, 0.1) is 5.92 Å². The van der Waals surface area contributed by atoms with E-state index in [9.17, 15) is 14.7 Å². The fourth-order valence-electron chi connectivity index (χ4n) is 3.91. The van der Waals surface area contributed by atoms with Crippen molar-refractivity contribution in [1.82, 2.24) is 15.1 Å². The standard InChI is InChI=1S/C21H20ClN3O3/c22-15-7-5-13(6-8-15)18-11-25(10-14(18)12-26)20(27)9-19-16-3-1-2-4-17(16)21(28)24-23-19/h1-8,14,18,26H,9-12H2,(H,24,28)/t14-,18-/m0/s1. The van der Waals surface area contributed by atoms with Gasteiger partial charge in [-0.3, -0.25) is 9.59 Å². The second-order valence-corrected chi connectivity index (χ2v) is 7.56. The third kappa shape index (κ3) is 3.53. The van der Waals surface area contributed by atoms with E-state index in [2.05, 4.69) is 10.2 Å². The zero-order valence-corrected chi connectivity index (χ0v) is 15.9. The van der Waals surface area contributed by atoms with Gasteiger partial charge >= 0.3 is 0 Å². The highest BCUT2D eigenvalue weighted by atomic mass is 35.5. The van der Waals surface area contributed by atoms with Crippen molar-refractivity contribution in [2.45, 2.75) is 12.3 Å². The van der Waals surface area contributed by atoms with Gasteiger partial charge in [0.25, 0.3) is 5.56 Å². The molecule has 6 nitrogen and oxygen atoms in total. The smallest absolute Gasteiger partial charge is 0.272 e. The SMILES string of the molecule is O=C(Cc1n[nH]c(=O)c2ccccc12)N1C[C@@H](CO)[C@H](c2ccc(Cl)cc2)C1. The number of H-pyrrole nitrogens is 1. The van der Waals surface area contributed by atoms with E-state index < -0.39 is 0 Å². The van der Waals surface area contributed by atoms with Crippen LogP contribution in [0.2, 0.25) is 5.02 Å². The summed E-state index contributed by atoms with van der Waals surface area (Å²) >= 11 is 5.97. The Balaban J connectivity index is 1.55. The summed E-state index contributed by atoms with van der Waals surface area (Å²) in [6.45, 7) is 1.04. The topological polar surface area (TPSA) is 86.3 Å². The summed E-state index contributed by atoms with van der Waals surface area (Å²) in [6.07, 6.45) is 0.1000. The molecule has 7 heteroatoms. The van der Waals surface area contributed by atoms with Crippen molar-refractivity contribution in [3.05, 3.63) is 75.2 Å². The van der Waals surface area contributed by atoms with Crippen molar-refractivity contribution in [2.24, 2.45) is 5.92 Å². The Morgan fingerprint density at radius 1 is 1.14 bits per heavy atom. The van der Waals surface area contributed by atoms with Gasteiger partial charge in [-0.15, -0.1) is 0 Å². The van der Waals surface area contributed by atoms with Crippen molar-refractivity contribution in [3.8, 4) is 0 Å². The lowest BCUT2D eigenvalue weighted by molar-refractivity contribution is -0.129. The van der Waals surface area contributed by atoms with Crippen LogP contribution < -0.4 is 5.56 Å². The number of fused-ring (bicyclic) bond motifs is 1. The number of hydrogen-bond donors (Lipinski definition) is 2. The third-order valence-electron chi connectivity index (χ3n) is 5.42. The molecule has 144 valence electrons. The maximum atomic E-state index is 12.9. The first kappa shape index (κ1) is 18.7. The third-order valence-corrected chi connectivity index (χ3v) is 5.67. The van der Waals surface area contributed by atoms with Crippen molar-refractivity contribution in [1.29, 1.82) is 0 Å². The molecule has 1 aromatic heterocycles. The molecule has 0 unspecified atom stereocenters. The molecule has 2 aromatic carbocycles. The first-order chi connectivity index (χ1) is 13.6. The Bertz CT molecular complexity index is 1060. The lowest BCUT2D eigenvalue weighted by Gasteiger charge is -2.17. The van der Waals surface area contributed by atoms with Gasteiger partial charge in [-0.1, -0.05) is 41.9 Å². The van der Waals surface area contributed by atoms with E-state index in [1.54, 1.807) is 23.1 Å². The number of amides is 1. The molecule has 0 aliphatic carbocycles. The van der Waals surface area contributed by atoms with Gasteiger partial charge in [-0.05, 0) is 23.8 Å². The Morgan fingerprint density at radius 3 is 2.57 bits per heavy atom. The van der Waals surface area contributed by atoms with Crippen LogP contribution in [-0.4, -0.2) is 45.8 Å². The molecular weight excluding hydrogens is 378 g/mol. The van der Waals surface area contributed by atoms with E-state index in [0.29, 0.717) is 34.6 Å². The summed E-state index contributed by atoms with van der Waals surface area (Å²) in [5, 5.41) is 18.2. The number of nitrogens with one attached hydrogen (secondary N) is 1. The van der Waals surface area contributed by atoms with Crippen LogP contribution >= 0.6 is 11.6 Å². The number of hydrogen-bond acceptors (Lipinski definition) is 4. The van der Waals surface area contributed by atoms with Gasteiger partial charge in [0.05, 0.1) is 17.5 Å². The number of aromatic nitrogens is 2. The van der Waals surface area contributed by atoms with E-state index in [1.165, 1.54) is 0 Å². The van der Waals surface area contributed by atoms with Crippen LogP contribution in [0.1, 0.15) is 17.2 Å². The molecule has 3 aromatic rings. The van der Waals surface area contributed by atoms with Crippen molar-refractivity contribution >= 4 is 28.3 Å². The molecular formula is C21H20ClN3O3. The van der Waals surface area contributed by atoms with Gasteiger partial charge in [-0.25, -0.2) is 5.10 Å². The first-order valence-corrected chi connectivity index (χ1v) is 9.55. The molecule has 0 spiro atoms. The summed E-state index contributed by atoms with van der Waals surface area (Å²) < 4.78 is 0. The zero-order valence-electron chi connectivity index (χ0n) is 15.1. The zero-order chi connectivity index (χ0) is 19.7. The minimum absolute atomic E-state index is 0.0108. The van der Waals surface area contributed by atoms with Crippen molar-refractivity contribution in [3.63, 3.8) is 0 Å². The summed E-state index contributed by atoms with van der Waals surface area (Å²) in [7, 11) is 0. The van der Waals surface area contributed by atoms with Crippen LogP contribution in [0.15, 0.2) is 53.3 Å². The average Bonchev–Trinajstić information content (AvgIpc) is 3.15. The number of aliphatic hydroxyl groups is 1. The number of likely N-dealkylation sites (tertiary alicyclic amines) is 1. The van der Waals surface area contributed by atoms with E-state index in [1.807, 2.05) is 30.3 Å². The minimum atomic E-state index is -0.267. The maximum absolute atomic E-state index is 12.9. The highest BCUT2D eigenvalue weighted by Gasteiger charge is 2.35. The number of nitrogens with zero attached hydrogens (tertiary/aromatic N) is 2. The summed E-state index contributed by atoms with van der Waals surface area (Å²) in [5.74, 6) is -0.0310. The van der Waals surface area contributed by atoms with Gasteiger partial charge < -0.3 is 10.0 Å². The molecule has 2 atom stereocenters. The molecule has 0 radical (unpaired) electrons.